The average Bonchev–Trinajstić information content (AvgIpc) is 3.96. The van der Waals surface area contributed by atoms with E-state index in [4.69, 9.17) is 4.74 Å². The molecule has 4 aliphatic rings. The number of rotatable bonds is 6. The van der Waals surface area contributed by atoms with Crippen molar-refractivity contribution in [2.24, 2.45) is 13.0 Å². The van der Waals surface area contributed by atoms with Gasteiger partial charge in [0.25, 0.3) is 11.8 Å². The molecule has 0 unspecified atom stereocenters. The lowest BCUT2D eigenvalue weighted by molar-refractivity contribution is -0.141. The Morgan fingerprint density at radius 3 is 2.47 bits per heavy atom. The van der Waals surface area contributed by atoms with Gasteiger partial charge in [-0.3, -0.25) is 23.9 Å². The minimum atomic E-state index is -3.89. The Labute approximate surface area is 298 Å². The largest absolute Gasteiger partial charge is 0.444 e. The number of nitrogens with one attached hydrogen (secondary N) is 4. The van der Waals surface area contributed by atoms with Gasteiger partial charge >= 0.3 is 6.09 Å². The maximum absolute atomic E-state index is 14.3. The zero-order valence-electron chi connectivity index (χ0n) is 29.6. The summed E-state index contributed by atoms with van der Waals surface area (Å²) in [4.78, 5) is 70.1. The van der Waals surface area contributed by atoms with Crippen molar-refractivity contribution in [2.75, 3.05) is 6.54 Å². The van der Waals surface area contributed by atoms with E-state index in [1.165, 1.54) is 4.90 Å². The number of hydrogen-bond donors (Lipinski definition) is 4. The molecule has 1 saturated heterocycles. The zero-order valence-corrected chi connectivity index (χ0v) is 30.4. The third-order valence-electron chi connectivity index (χ3n) is 10.1. The van der Waals surface area contributed by atoms with Crippen LogP contribution >= 0.6 is 0 Å². The van der Waals surface area contributed by atoms with Gasteiger partial charge in [-0.05, 0) is 77.8 Å². The number of alkyl carbamates (subject to hydrolysis) is 1. The number of nitrogens with zero attached hydrogens (tertiary/aromatic N) is 2. The maximum atomic E-state index is 14.3. The minimum absolute atomic E-state index is 0.0301. The van der Waals surface area contributed by atoms with E-state index >= 15 is 0 Å². The highest BCUT2D eigenvalue weighted by molar-refractivity contribution is 7.91. The van der Waals surface area contributed by atoms with Gasteiger partial charge in [-0.1, -0.05) is 43.2 Å². The zero-order chi connectivity index (χ0) is 36.7. The topological polar surface area (TPSA) is 185 Å². The van der Waals surface area contributed by atoms with Gasteiger partial charge in [0.15, 0.2) is 0 Å². The molecule has 0 radical (unpaired) electrons. The lowest BCUT2D eigenvalue weighted by Crippen LogP contribution is -2.58. The molecule has 2 aliphatic heterocycles. The van der Waals surface area contributed by atoms with Crippen molar-refractivity contribution in [3.05, 3.63) is 48.2 Å². The Bertz CT molecular complexity index is 1860. The monoisotopic (exact) mass is 724 g/mol. The normalized spacial score (nSPS) is 28.0. The molecule has 1 aromatic heterocycles. The average molecular weight is 725 g/mol. The van der Waals surface area contributed by atoms with Gasteiger partial charge < -0.3 is 30.2 Å². The van der Waals surface area contributed by atoms with E-state index in [-0.39, 0.29) is 25.3 Å². The number of carbonyl (C=O) groups excluding carboxylic acids is 5. The third kappa shape index (κ3) is 8.08. The summed E-state index contributed by atoms with van der Waals surface area (Å²) in [6, 6.07) is 6.56. The lowest BCUT2D eigenvalue weighted by atomic mass is 10.0. The summed E-state index contributed by atoms with van der Waals surface area (Å²) in [6.45, 7) is 5.12. The fourth-order valence-corrected chi connectivity index (χ4v) is 8.48. The van der Waals surface area contributed by atoms with Gasteiger partial charge in [-0.2, -0.15) is 0 Å². The van der Waals surface area contributed by atoms with Crippen molar-refractivity contribution in [1.82, 2.24) is 30.1 Å². The highest BCUT2D eigenvalue weighted by Crippen LogP contribution is 2.46. The summed E-state index contributed by atoms with van der Waals surface area (Å²) in [6.07, 6.45) is 7.32. The van der Waals surface area contributed by atoms with E-state index in [0.717, 1.165) is 23.7 Å². The lowest BCUT2D eigenvalue weighted by Gasteiger charge is -2.30. The molecule has 15 heteroatoms. The summed E-state index contributed by atoms with van der Waals surface area (Å²) in [5, 5.41) is 8.80. The third-order valence-corrected chi connectivity index (χ3v) is 11.9. The van der Waals surface area contributed by atoms with Crippen LogP contribution in [0.3, 0.4) is 0 Å². The molecule has 51 heavy (non-hydrogen) atoms. The van der Waals surface area contributed by atoms with Crippen LogP contribution in [0.4, 0.5) is 4.79 Å². The number of ether oxygens (including phenoxy) is 1. The van der Waals surface area contributed by atoms with Crippen LogP contribution in [-0.2, 0) is 36.2 Å². The summed E-state index contributed by atoms with van der Waals surface area (Å²) in [5.41, 5.74) is -1.05. The van der Waals surface area contributed by atoms with Gasteiger partial charge in [0.1, 0.15) is 28.9 Å². The molecule has 5 atom stereocenters. The molecule has 1 aromatic carbocycles. The summed E-state index contributed by atoms with van der Waals surface area (Å²) >= 11 is 0. The number of sulfonamides is 1. The van der Waals surface area contributed by atoms with Crippen LogP contribution < -0.4 is 20.7 Å². The van der Waals surface area contributed by atoms with Gasteiger partial charge in [0.05, 0.1) is 5.25 Å². The smallest absolute Gasteiger partial charge is 0.408 e. The van der Waals surface area contributed by atoms with E-state index in [0.29, 0.717) is 37.8 Å². The number of carbonyl (C=O) groups is 5. The fraction of sp³-hybridized carbons (Fsp3) is 0.583. The number of aromatic nitrogens is 1. The number of allylic oxidation sites excluding steroid dienone is 1. The van der Waals surface area contributed by atoms with Crippen LogP contribution in [0.1, 0.15) is 89.0 Å². The van der Waals surface area contributed by atoms with E-state index in [1.807, 2.05) is 36.4 Å². The Hall–Kier alpha value is -4.40. The maximum Gasteiger partial charge on any atom is 0.408 e. The van der Waals surface area contributed by atoms with Crippen LogP contribution in [0.5, 0.6) is 0 Å². The van der Waals surface area contributed by atoms with Crippen molar-refractivity contribution in [1.29, 1.82) is 0 Å². The molecule has 276 valence electrons. The van der Waals surface area contributed by atoms with Crippen LogP contribution in [0.15, 0.2) is 42.5 Å². The number of fused-ring (bicyclic) bond motifs is 3. The predicted molar refractivity (Wildman–Crippen MR) is 189 cm³/mol. The molecule has 14 nitrogen and oxygen atoms in total. The summed E-state index contributed by atoms with van der Waals surface area (Å²) < 4.78 is 35.0. The van der Waals surface area contributed by atoms with Crippen molar-refractivity contribution in [2.45, 2.75) is 113 Å². The molecular formula is C36H48N6O8S. The molecule has 5 amide bonds. The molecule has 3 heterocycles. The van der Waals surface area contributed by atoms with Crippen molar-refractivity contribution in [3.63, 3.8) is 0 Å². The fourth-order valence-electron chi connectivity index (χ4n) is 7.12. The number of benzene rings is 1. The first-order valence-electron chi connectivity index (χ1n) is 17.8. The Kier molecular flexibility index (Phi) is 9.96. The molecule has 2 saturated carbocycles. The Morgan fingerprint density at radius 1 is 1.02 bits per heavy atom. The molecular weight excluding hydrogens is 676 g/mol. The van der Waals surface area contributed by atoms with E-state index in [2.05, 4.69) is 20.7 Å². The van der Waals surface area contributed by atoms with Crippen LogP contribution in [0.25, 0.3) is 10.9 Å². The molecule has 6 rings (SSSR count). The van der Waals surface area contributed by atoms with Crippen LogP contribution in [-0.4, -0.2) is 88.7 Å². The number of para-hydroxylation sites is 1. The standard InChI is InChI=1S/C36H48N6O8S/c1-35(2,3)50-34(47)38-26-14-9-7-5-6-8-13-23-20-36(23,33(46)40-51(48,49)25-16-17-25)39-31(44)29-19-24(21-42(29)32(26)45)37-30(43)28-18-22-12-10-11-15-27(22)41(28)4/h8,10-13,15,18,23-26,29H,5-7,9,14,16-17,19-21H2,1-4H3,(H,37,43)(H,38,47)(H,39,44)(H,40,46)/b13-8-/t23-,24-,26+,29+,36-/m1/s1. The predicted octanol–water partition coefficient (Wildman–Crippen LogP) is 2.77. The van der Waals surface area contributed by atoms with E-state index < -0.39 is 74.3 Å². The summed E-state index contributed by atoms with van der Waals surface area (Å²) in [7, 11) is -2.11. The quantitative estimate of drug-likeness (QED) is 0.328. The van der Waals surface area contributed by atoms with E-state index in [9.17, 15) is 32.4 Å². The molecule has 0 spiro atoms. The van der Waals surface area contributed by atoms with Gasteiger partial charge in [-0.25, -0.2) is 13.2 Å². The first kappa shape index (κ1) is 36.4. The Balaban J connectivity index is 1.28. The number of hydrogen-bond acceptors (Lipinski definition) is 8. The van der Waals surface area contributed by atoms with E-state index in [1.54, 1.807) is 38.5 Å². The second-order valence-electron chi connectivity index (χ2n) is 15.3. The second kappa shape index (κ2) is 14.0. The molecule has 3 fully saturated rings. The first-order chi connectivity index (χ1) is 24.1. The van der Waals surface area contributed by atoms with Gasteiger partial charge in [0, 0.05) is 36.5 Å². The van der Waals surface area contributed by atoms with Crippen molar-refractivity contribution in [3.8, 4) is 0 Å². The highest BCUT2D eigenvalue weighted by atomic mass is 32.2. The van der Waals surface area contributed by atoms with Crippen LogP contribution in [0.2, 0.25) is 0 Å². The van der Waals surface area contributed by atoms with Gasteiger partial charge in [-0.15, -0.1) is 0 Å². The highest BCUT2D eigenvalue weighted by Gasteiger charge is 2.62. The first-order valence-corrected chi connectivity index (χ1v) is 19.3. The molecule has 2 aliphatic carbocycles. The van der Waals surface area contributed by atoms with Crippen LogP contribution in [0, 0.1) is 5.92 Å². The minimum Gasteiger partial charge on any atom is -0.444 e. The number of amides is 5. The Morgan fingerprint density at radius 2 is 1.76 bits per heavy atom. The SMILES string of the molecule is Cn1c(C(=O)N[C@@H]2C[C@H]3C(=O)N[C@]4(C(=O)NS(=O)(=O)C5CC5)C[C@H]4/C=C\CCCCC[C@H](NC(=O)OC(C)(C)C)C(=O)N3C2)cc2ccccc21. The molecule has 2 aromatic rings. The van der Waals surface area contributed by atoms with Crippen molar-refractivity contribution < 1.29 is 37.1 Å². The van der Waals surface area contributed by atoms with Gasteiger partial charge in [0.2, 0.25) is 21.8 Å². The summed E-state index contributed by atoms with van der Waals surface area (Å²) in [5.74, 6) is -2.79. The molecule has 4 N–H and O–H groups in total. The second-order valence-corrected chi connectivity index (χ2v) is 17.2. The van der Waals surface area contributed by atoms with Crippen molar-refractivity contribution >= 4 is 50.6 Å². The number of aryl methyl sites for hydroxylation is 1. The molecule has 0 bridgehead atoms.